The quantitative estimate of drug-likeness (QED) is 0.878. The van der Waals surface area contributed by atoms with Crippen molar-refractivity contribution in [1.82, 2.24) is 24.8 Å². The number of aryl methyl sites for hydroxylation is 1. The van der Waals surface area contributed by atoms with E-state index in [1.54, 1.807) is 14.2 Å². The maximum absolute atomic E-state index is 13.2. The Morgan fingerprint density at radius 2 is 1.96 bits per heavy atom. The van der Waals surface area contributed by atoms with Gasteiger partial charge in [0.15, 0.2) is 5.82 Å². The first-order chi connectivity index (χ1) is 12.8. The molecule has 0 atom stereocenters. The minimum absolute atomic E-state index is 0.117. The predicted molar refractivity (Wildman–Crippen MR) is 89.8 cm³/mol. The maximum atomic E-state index is 13.2. The van der Waals surface area contributed by atoms with Gasteiger partial charge in [0.2, 0.25) is 0 Å². The third-order valence-electron chi connectivity index (χ3n) is 4.64. The summed E-state index contributed by atoms with van der Waals surface area (Å²) >= 11 is 0. The SMILES string of the molecule is CO[C@H]1CC[C@H](NC(=O)c2cc(C(F)(F)F)nc(-c3cncn3C)n2)CC1. The number of rotatable bonds is 4. The smallest absolute Gasteiger partial charge is 0.381 e. The predicted octanol–water partition coefficient (Wildman–Crippen LogP) is 2.58. The zero-order valence-electron chi connectivity index (χ0n) is 15.0. The Labute approximate surface area is 154 Å². The van der Waals surface area contributed by atoms with Gasteiger partial charge in [0.05, 0.1) is 18.6 Å². The van der Waals surface area contributed by atoms with E-state index < -0.39 is 17.8 Å². The second kappa shape index (κ2) is 7.63. The van der Waals surface area contributed by atoms with Crippen molar-refractivity contribution in [2.75, 3.05) is 7.11 Å². The fraction of sp³-hybridized carbons (Fsp3) is 0.529. The number of carbonyl (C=O) groups excluding carboxylic acids is 1. The number of aromatic nitrogens is 4. The molecule has 0 radical (unpaired) electrons. The number of alkyl halides is 3. The molecule has 0 bridgehead atoms. The molecule has 10 heteroatoms. The van der Waals surface area contributed by atoms with E-state index in [1.165, 1.54) is 17.1 Å². The minimum atomic E-state index is -4.69. The van der Waals surface area contributed by atoms with Crippen molar-refractivity contribution in [3.8, 4) is 11.5 Å². The Morgan fingerprint density at radius 1 is 1.26 bits per heavy atom. The van der Waals surface area contributed by atoms with Crippen LogP contribution in [0.3, 0.4) is 0 Å². The number of hydrogen-bond acceptors (Lipinski definition) is 5. The Kier molecular flexibility index (Phi) is 5.45. The van der Waals surface area contributed by atoms with E-state index >= 15 is 0 Å². The summed E-state index contributed by atoms with van der Waals surface area (Å²) in [5, 5.41) is 2.77. The van der Waals surface area contributed by atoms with Crippen molar-refractivity contribution >= 4 is 5.91 Å². The number of methoxy groups -OCH3 is 1. The van der Waals surface area contributed by atoms with Gasteiger partial charge >= 0.3 is 6.18 Å². The van der Waals surface area contributed by atoms with Gasteiger partial charge in [-0.2, -0.15) is 13.2 Å². The lowest BCUT2D eigenvalue weighted by molar-refractivity contribution is -0.141. The lowest BCUT2D eigenvalue weighted by Gasteiger charge is -2.28. The van der Waals surface area contributed by atoms with Crippen LogP contribution in [0.15, 0.2) is 18.6 Å². The van der Waals surface area contributed by atoms with Gasteiger partial charge < -0.3 is 14.6 Å². The monoisotopic (exact) mass is 383 g/mol. The second-order valence-corrected chi connectivity index (χ2v) is 6.53. The molecular formula is C17H20F3N5O2. The van der Waals surface area contributed by atoms with E-state index in [0.717, 1.165) is 12.8 Å². The topological polar surface area (TPSA) is 81.9 Å². The van der Waals surface area contributed by atoms with E-state index in [0.29, 0.717) is 18.9 Å². The number of carbonyl (C=O) groups is 1. The maximum Gasteiger partial charge on any atom is 0.433 e. The molecule has 0 saturated heterocycles. The number of hydrogen-bond donors (Lipinski definition) is 1. The summed E-state index contributed by atoms with van der Waals surface area (Å²) in [4.78, 5) is 24.0. The number of ether oxygens (including phenoxy) is 1. The number of nitrogens with one attached hydrogen (secondary N) is 1. The average molecular weight is 383 g/mol. The van der Waals surface area contributed by atoms with Crippen LogP contribution >= 0.6 is 0 Å². The normalized spacial score (nSPS) is 20.5. The standard InChI is InChI=1S/C17H20F3N5O2/c1-25-9-21-8-13(25)15-23-12(7-14(24-15)17(18,19)20)16(26)22-10-3-5-11(27-2)6-4-10/h7-11H,3-6H2,1-2H3,(H,22,26)/t10-,11-. The summed E-state index contributed by atoms with van der Waals surface area (Å²) < 4.78 is 46.5. The molecule has 2 aromatic heterocycles. The molecule has 1 aliphatic carbocycles. The van der Waals surface area contributed by atoms with Crippen LogP contribution in [0.5, 0.6) is 0 Å². The van der Waals surface area contributed by atoms with Crippen LogP contribution in [0.1, 0.15) is 41.9 Å². The molecule has 1 amide bonds. The van der Waals surface area contributed by atoms with Gasteiger partial charge in [0.1, 0.15) is 17.1 Å². The summed E-state index contributed by atoms with van der Waals surface area (Å²) in [5.74, 6) is -0.842. The van der Waals surface area contributed by atoms with Gasteiger partial charge in [0.25, 0.3) is 5.91 Å². The molecule has 2 heterocycles. The van der Waals surface area contributed by atoms with Crippen molar-refractivity contribution in [3.63, 3.8) is 0 Å². The zero-order chi connectivity index (χ0) is 19.6. The van der Waals surface area contributed by atoms with Crippen molar-refractivity contribution in [3.05, 3.63) is 30.0 Å². The zero-order valence-corrected chi connectivity index (χ0v) is 15.0. The third kappa shape index (κ3) is 4.44. The lowest BCUT2D eigenvalue weighted by Crippen LogP contribution is -2.39. The van der Waals surface area contributed by atoms with Crippen molar-refractivity contribution in [2.45, 2.75) is 44.0 Å². The van der Waals surface area contributed by atoms with E-state index in [4.69, 9.17) is 4.74 Å². The van der Waals surface area contributed by atoms with E-state index in [9.17, 15) is 18.0 Å². The third-order valence-corrected chi connectivity index (χ3v) is 4.64. The first kappa shape index (κ1) is 19.3. The van der Waals surface area contributed by atoms with Gasteiger partial charge in [-0.05, 0) is 25.7 Å². The molecule has 7 nitrogen and oxygen atoms in total. The first-order valence-corrected chi connectivity index (χ1v) is 8.54. The summed E-state index contributed by atoms with van der Waals surface area (Å²) in [6.07, 6.45) is 1.23. The number of amides is 1. The molecule has 0 aliphatic heterocycles. The number of imidazole rings is 1. The fourth-order valence-electron chi connectivity index (χ4n) is 3.10. The van der Waals surface area contributed by atoms with Gasteiger partial charge in [-0.15, -0.1) is 0 Å². The van der Waals surface area contributed by atoms with Crippen molar-refractivity contribution in [1.29, 1.82) is 0 Å². The molecule has 27 heavy (non-hydrogen) atoms. The first-order valence-electron chi connectivity index (χ1n) is 8.54. The van der Waals surface area contributed by atoms with Crippen LogP contribution in [0.4, 0.5) is 13.2 Å². The van der Waals surface area contributed by atoms with Gasteiger partial charge in [-0.25, -0.2) is 15.0 Å². The summed E-state index contributed by atoms with van der Waals surface area (Å²) in [5.41, 5.74) is -1.19. The largest absolute Gasteiger partial charge is 0.433 e. The van der Waals surface area contributed by atoms with E-state index in [2.05, 4.69) is 20.3 Å². The van der Waals surface area contributed by atoms with Gasteiger partial charge in [-0.3, -0.25) is 4.79 Å². The minimum Gasteiger partial charge on any atom is -0.381 e. The molecular weight excluding hydrogens is 363 g/mol. The fourth-order valence-corrected chi connectivity index (χ4v) is 3.10. The highest BCUT2D eigenvalue weighted by Crippen LogP contribution is 2.29. The number of nitrogens with zero attached hydrogens (tertiary/aromatic N) is 4. The Bertz CT molecular complexity index is 813. The molecule has 2 aromatic rings. The van der Waals surface area contributed by atoms with Crippen LogP contribution in [0.25, 0.3) is 11.5 Å². The molecule has 1 saturated carbocycles. The van der Waals surface area contributed by atoms with Crippen LogP contribution in [0, 0.1) is 0 Å². The highest BCUT2D eigenvalue weighted by molar-refractivity contribution is 5.93. The highest BCUT2D eigenvalue weighted by atomic mass is 19.4. The van der Waals surface area contributed by atoms with Crippen LogP contribution in [0.2, 0.25) is 0 Å². The molecule has 1 N–H and O–H groups in total. The van der Waals surface area contributed by atoms with Gasteiger partial charge in [-0.1, -0.05) is 0 Å². The van der Waals surface area contributed by atoms with E-state index in [1.807, 2.05) is 0 Å². The van der Waals surface area contributed by atoms with E-state index in [-0.39, 0.29) is 29.4 Å². The highest BCUT2D eigenvalue weighted by Gasteiger charge is 2.35. The Hall–Kier alpha value is -2.49. The summed E-state index contributed by atoms with van der Waals surface area (Å²) in [6.45, 7) is 0. The lowest BCUT2D eigenvalue weighted by atomic mass is 9.93. The van der Waals surface area contributed by atoms with Crippen LogP contribution in [-0.4, -0.2) is 44.7 Å². The molecule has 0 unspecified atom stereocenters. The Morgan fingerprint density at radius 3 is 2.52 bits per heavy atom. The summed E-state index contributed by atoms with van der Waals surface area (Å²) in [7, 11) is 3.25. The van der Waals surface area contributed by atoms with Crippen molar-refractivity contribution < 1.29 is 22.7 Å². The number of halogens is 3. The van der Waals surface area contributed by atoms with Crippen LogP contribution < -0.4 is 5.32 Å². The molecule has 3 rings (SSSR count). The molecule has 1 aliphatic rings. The van der Waals surface area contributed by atoms with Crippen LogP contribution in [-0.2, 0) is 18.0 Å². The molecule has 146 valence electrons. The van der Waals surface area contributed by atoms with Crippen molar-refractivity contribution in [2.24, 2.45) is 7.05 Å². The van der Waals surface area contributed by atoms with Gasteiger partial charge in [0, 0.05) is 26.3 Å². The molecule has 1 fully saturated rings. The Balaban J connectivity index is 1.85. The summed E-state index contributed by atoms with van der Waals surface area (Å²) in [6, 6.07) is 0.559. The average Bonchev–Trinajstić information content (AvgIpc) is 3.07. The molecule has 0 aromatic carbocycles. The molecule has 0 spiro atoms. The second-order valence-electron chi connectivity index (χ2n) is 6.53.